The number of anilines is 1. The Morgan fingerprint density at radius 1 is 1.05 bits per heavy atom. The fourth-order valence-corrected chi connectivity index (χ4v) is 2.38. The Kier molecular flexibility index (Phi) is 5.72. The molecule has 4 heteroatoms. The maximum atomic E-state index is 8.86. The van der Waals surface area contributed by atoms with E-state index in [4.69, 9.17) is 28.3 Å². The maximum absolute atomic E-state index is 8.86. The first-order chi connectivity index (χ1) is 9.69. The van der Waals surface area contributed by atoms with Crippen LogP contribution in [0.15, 0.2) is 42.5 Å². The molecule has 0 unspecified atom stereocenters. The van der Waals surface area contributed by atoms with Crippen molar-refractivity contribution in [3.05, 3.63) is 63.6 Å². The van der Waals surface area contributed by atoms with Gasteiger partial charge in [0.2, 0.25) is 0 Å². The Balaban J connectivity index is 2.01. The van der Waals surface area contributed by atoms with Gasteiger partial charge in [-0.05, 0) is 54.3 Å². The summed E-state index contributed by atoms with van der Waals surface area (Å²) in [4.78, 5) is 0. The molecule has 0 aliphatic carbocycles. The third kappa shape index (κ3) is 4.41. The molecule has 2 aromatic carbocycles. The topological polar surface area (TPSA) is 32.3 Å². The highest BCUT2D eigenvalue weighted by atomic mass is 35.5. The molecule has 2 N–H and O–H groups in total. The van der Waals surface area contributed by atoms with Crippen LogP contribution in [-0.4, -0.2) is 11.7 Å². The molecule has 0 saturated heterocycles. The lowest BCUT2D eigenvalue weighted by Crippen LogP contribution is -2.01. The summed E-state index contributed by atoms with van der Waals surface area (Å²) in [5.41, 5.74) is 3.22. The molecule has 0 fully saturated rings. The zero-order valence-electron chi connectivity index (χ0n) is 11.1. The normalized spacial score (nSPS) is 10.6. The Hall–Kier alpha value is -1.22. The second-order valence-corrected chi connectivity index (χ2v) is 5.46. The molecule has 2 rings (SSSR count). The fourth-order valence-electron chi connectivity index (χ4n) is 2.00. The van der Waals surface area contributed by atoms with Gasteiger partial charge < -0.3 is 10.4 Å². The van der Waals surface area contributed by atoms with Crippen molar-refractivity contribution in [3.8, 4) is 0 Å². The van der Waals surface area contributed by atoms with Gasteiger partial charge in [0.05, 0.1) is 0 Å². The van der Waals surface area contributed by atoms with Gasteiger partial charge >= 0.3 is 0 Å². The zero-order chi connectivity index (χ0) is 14.4. The molecule has 20 heavy (non-hydrogen) atoms. The summed E-state index contributed by atoms with van der Waals surface area (Å²) < 4.78 is 0. The van der Waals surface area contributed by atoms with Crippen LogP contribution in [0.5, 0.6) is 0 Å². The predicted octanol–water partition coefficient (Wildman–Crippen LogP) is 4.53. The first-order valence-electron chi connectivity index (χ1n) is 6.56. The van der Waals surface area contributed by atoms with E-state index < -0.39 is 0 Å². The molecule has 0 spiro atoms. The summed E-state index contributed by atoms with van der Waals surface area (Å²) in [5, 5.41) is 13.6. The maximum Gasteiger partial charge on any atom is 0.0456 e. The summed E-state index contributed by atoms with van der Waals surface area (Å²) in [5.74, 6) is 0. The van der Waals surface area contributed by atoms with Gasteiger partial charge in [-0.1, -0.05) is 35.3 Å². The van der Waals surface area contributed by atoms with Gasteiger partial charge in [0, 0.05) is 28.9 Å². The van der Waals surface area contributed by atoms with Crippen LogP contribution in [0.3, 0.4) is 0 Å². The highest BCUT2D eigenvalue weighted by Gasteiger charge is 2.02. The highest BCUT2D eigenvalue weighted by molar-refractivity contribution is 6.33. The molecule has 0 aliphatic heterocycles. The lowest BCUT2D eigenvalue weighted by atomic mass is 10.1. The zero-order valence-corrected chi connectivity index (χ0v) is 12.6. The lowest BCUT2D eigenvalue weighted by Gasteiger charge is -2.10. The SMILES string of the molecule is OCCCc1cccc(NCc2cc(Cl)ccc2Cl)c1. The van der Waals surface area contributed by atoms with Gasteiger partial charge in [0.1, 0.15) is 0 Å². The van der Waals surface area contributed by atoms with E-state index in [0.717, 1.165) is 24.1 Å². The predicted molar refractivity (Wildman–Crippen MR) is 85.6 cm³/mol. The van der Waals surface area contributed by atoms with Crippen LogP contribution in [0, 0.1) is 0 Å². The number of aryl methyl sites for hydroxylation is 1. The number of rotatable bonds is 6. The summed E-state index contributed by atoms with van der Waals surface area (Å²) in [6.07, 6.45) is 1.66. The van der Waals surface area contributed by atoms with Crippen molar-refractivity contribution in [1.29, 1.82) is 0 Å². The summed E-state index contributed by atoms with van der Waals surface area (Å²) in [6, 6.07) is 13.6. The van der Waals surface area contributed by atoms with E-state index in [0.29, 0.717) is 16.6 Å². The molecule has 0 aromatic heterocycles. The molecule has 0 bridgehead atoms. The van der Waals surface area contributed by atoms with Crippen molar-refractivity contribution in [3.63, 3.8) is 0 Å². The third-order valence-corrected chi connectivity index (χ3v) is 3.65. The van der Waals surface area contributed by atoms with Crippen molar-refractivity contribution < 1.29 is 5.11 Å². The van der Waals surface area contributed by atoms with Crippen molar-refractivity contribution in [1.82, 2.24) is 0 Å². The van der Waals surface area contributed by atoms with E-state index in [1.807, 2.05) is 18.2 Å². The fraction of sp³-hybridized carbons (Fsp3) is 0.250. The van der Waals surface area contributed by atoms with E-state index >= 15 is 0 Å². The Labute approximate surface area is 129 Å². The Morgan fingerprint density at radius 3 is 2.70 bits per heavy atom. The largest absolute Gasteiger partial charge is 0.396 e. The first-order valence-corrected chi connectivity index (χ1v) is 7.32. The van der Waals surface area contributed by atoms with Gasteiger partial charge in [-0.3, -0.25) is 0 Å². The molecule has 0 heterocycles. The van der Waals surface area contributed by atoms with Crippen LogP contribution in [0.2, 0.25) is 10.0 Å². The van der Waals surface area contributed by atoms with E-state index in [9.17, 15) is 0 Å². The van der Waals surface area contributed by atoms with Crippen LogP contribution in [-0.2, 0) is 13.0 Å². The van der Waals surface area contributed by atoms with Crippen molar-refractivity contribution in [2.24, 2.45) is 0 Å². The summed E-state index contributed by atoms with van der Waals surface area (Å²) in [7, 11) is 0. The van der Waals surface area contributed by atoms with Crippen molar-refractivity contribution in [2.75, 3.05) is 11.9 Å². The lowest BCUT2D eigenvalue weighted by molar-refractivity contribution is 0.288. The average Bonchev–Trinajstić information content (AvgIpc) is 2.46. The molecule has 0 aliphatic rings. The van der Waals surface area contributed by atoms with Gasteiger partial charge in [0.25, 0.3) is 0 Å². The number of hydrogen-bond acceptors (Lipinski definition) is 2. The summed E-state index contributed by atoms with van der Waals surface area (Å²) in [6.45, 7) is 0.846. The number of aliphatic hydroxyl groups excluding tert-OH is 1. The van der Waals surface area contributed by atoms with Crippen LogP contribution < -0.4 is 5.32 Å². The number of halogens is 2. The monoisotopic (exact) mass is 309 g/mol. The van der Waals surface area contributed by atoms with Crippen LogP contribution in [0.4, 0.5) is 5.69 Å². The van der Waals surface area contributed by atoms with Gasteiger partial charge in [-0.25, -0.2) is 0 Å². The molecule has 0 radical (unpaired) electrons. The van der Waals surface area contributed by atoms with Crippen LogP contribution in [0.25, 0.3) is 0 Å². The van der Waals surface area contributed by atoms with E-state index in [1.165, 1.54) is 5.56 Å². The number of nitrogens with one attached hydrogen (secondary N) is 1. The van der Waals surface area contributed by atoms with Gasteiger partial charge in [0.15, 0.2) is 0 Å². The average molecular weight is 310 g/mol. The molecule has 106 valence electrons. The third-order valence-electron chi connectivity index (χ3n) is 3.04. The van der Waals surface area contributed by atoms with Gasteiger partial charge in [-0.15, -0.1) is 0 Å². The summed E-state index contributed by atoms with van der Waals surface area (Å²) >= 11 is 12.1. The van der Waals surface area contributed by atoms with E-state index in [-0.39, 0.29) is 6.61 Å². The molecular weight excluding hydrogens is 293 g/mol. The first kappa shape index (κ1) is 15.2. The Morgan fingerprint density at radius 2 is 1.90 bits per heavy atom. The Bertz CT molecular complexity index is 572. The molecule has 0 atom stereocenters. The number of benzene rings is 2. The second kappa shape index (κ2) is 7.53. The quantitative estimate of drug-likeness (QED) is 0.821. The molecule has 0 amide bonds. The molecule has 2 aromatic rings. The minimum atomic E-state index is 0.218. The number of hydrogen-bond donors (Lipinski definition) is 2. The second-order valence-electron chi connectivity index (χ2n) is 4.62. The van der Waals surface area contributed by atoms with Crippen LogP contribution in [0.1, 0.15) is 17.5 Å². The van der Waals surface area contributed by atoms with Crippen LogP contribution >= 0.6 is 23.2 Å². The number of aliphatic hydroxyl groups is 1. The smallest absolute Gasteiger partial charge is 0.0456 e. The van der Waals surface area contributed by atoms with E-state index in [1.54, 1.807) is 12.1 Å². The van der Waals surface area contributed by atoms with Gasteiger partial charge in [-0.2, -0.15) is 0 Å². The molecular formula is C16H17Cl2NO. The van der Waals surface area contributed by atoms with E-state index in [2.05, 4.69) is 17.4 Å². The minimum Gasteiger partial charge on any atom is -0.396 e. The molecule has 0 saturated carbocycles. The highest BCUT2D eigenvalue weighted by Crippen LogP contribution is 2.22. The van der Waals surface area contributed by atoms with Crippen molar-refractivity contribution >= 4 is 28.9 Å². The van der Waals surface area contributed by atoms with Crippen molar-refractivity contribution in [2.45, 2.75) is 19.4 Å². The minimum absolute atomic E-state index is 0.218. The standard InChI is InChI=1S/C16H17Cl2NO/c17-14-6-7-16(18)13(10-14)11-19-15-5-1-3-12(9-15)4-2-8-20/h1,3,5-7,9-10,19-20H,2,4,8,11H2. The molecule has 2 nitrogen and oxygen atoms in total.